The molecule has 1 aromatic heterocycles. The third kappa shape index (κ3) is 2.07. The summed E-state index contributed by atoms with van der Waals surface area (Å²) in [4.78, 5) is 3.98. The predicted molar refractivity (Wildman–Crippen MR) is 63.9 cm³/mol. The quantitative estimate of drug-likeness (QED) is 0.920. The third-order valence-electron chi connectivity index (χ3n) is 3.59. The van der Waals surface area contributed by atoms with E-state index in [-0.39, 0.29) is 11.7 Å². The zero-order chi connectivity index (χ0) is 14.3. The van der Waals surface area contributed by atoms with Crippen molar-refractivity contribution in [2.75, 3.05) is 0 Å². The molecule has 1 saturated carbocycles. The fourth-order valence-corrected chi connectivity index (χ4v) is 2.50. The van der Waals surface area contributed by atoms with Gasteiger partial charge < -0.3 is 10.3 Å². The fraction of sp³-hybridized carbons (Fsp3) is 0.385. The predicted octanol–water partition coefficient (Wildman–Crippen LogP) is 2.88. The molecule has 2 aromatic rings. The van der Waals surface area contributed by atoms with Crippen LogP contribution in [-0.4, -0.2) is 10.1 Å². The molecule has 0 bridgehead atoms. The van der Waals surface area contributed by atoms with Gasteiger partial charge in [0.15, 0.2) is 5.82 Å². The van der Waals surface area contributed by atoms with Crippen molar-refractivity contribution in [1.82, 2.24) is 10.1 Å². The molecule has 106 valence electrons. The highest BCUT2D eigenvalue weighted by atomic mass is 19.1. The van der Waals surface area contributed by atoms with Crippen LogP contribution in [0.25, 0.3) is 11.5 Å². The minimum absolute atomic E-state index is 0.230. The average molecular weight is 283 g/mol. The molecule has 0 atom stereocenters. The van der Waals surface area contributed by atoms with Crippen molar-refractivity contribution in [3.8, 4) is 11.5 Å². The van der Waals surface area contributed by atoms with Crippen molar-refractivity contribution < 1.29 is 17.7 Å². The molecule has 0 saturated heterocycles. The summed E-state index contributed by atoms with van der Waals surface area (Å²) in [7, 11) is 0. The molecule has 2 N–H and O–H groups in total. The van der Waals surface area contributed by atoms with E-state index in [4.69, 9.17) is 10.3 Å². The van der Waals surface area contributed by atoms with Crippen LogP contribution in [0, 0.1) is 17.5 Å². The molecule has 20 heavy (non-hydrogen) atoms. The van der Waals surface area contributed by atoms with Crippen LogP contribution in [0.5, 0.6) is 0 Å². The van der Waals surface area contributed by atoms with Gasteiger partial charge in [0.05, 0.1) is 5.54 Å². The van der Waals surface area contributed by atoms with Gasteiger partial charge in [-0.05, 0) is 12.8 Å². The monoisotopic (exact) mass is 283 g/mol. The van der Waals surface area contributed by atoms with Crippen molar-refractivity contribution in [2.24, 2.45) is 5.73 Å². The number of hydrogen-bond acceptors (Lipinski definition) is 4. The van der Waals surface area contributed by atoms with Crippen molar-refractivity contribution in [2.45, 2.75) is 31.2 Å². The maximum absolute atomic E-state index is 13.6. The molecule has 4 nitrogen and oxygen atoms in total. The van der Waals surface area contributed by atoms with E-state index in [1.54, 1.807) is 0 Å². The smallest absolute Gasteiger partial charge is 0.263 e. The molecule has 1 heterocycles. The summed E-state index contributed by atoms with van der Waals surface area (Å²) < 4.78 is 45.0. The van der Waals surface area contributed by atoms with Gasteiger partial charge in [-0.25, -0.2) is 13.2 Å². The number of aromatic nitrogens is 2. The number of benzene rings is 1. The second-order valence-corrected chi connectivity index (χ2v) is 5.03. The summed E-state index contributed by atoms with van der Waals surface area (Å²) in [5.41, 5.74) is 4.89. The molecule has 0 aliphatic heterocycles. The third-order valence-corrected chi connectivity index (χ3v) is 3.59. The molecule has 3 rings (SSSR count). The Kier molecular flexibility index (Phi) is 3.01. The lowest BCUT2D eigenvalue weighted by molar-refractivity contribution is 0.371. The van der Waals surface area contributed by atoms with Crippen LogP contribution in [0.2, 0.25) is 0 Å². The highest BCUT2D eigenvalue weighted by Gasteiger charge is 2.36. The minimum atomic E-state index is -1.09. The Morgan fingerprint density at radius 1 is 1.10 bits per heavy atom. The van der Waals surface area contributed by atoms with E-state index >= 15 is 0 Å². The van der Waals surface area contributed by atoms with Gasteiger partial charge in [0.2, 0.25) is 0 Å². The Bertz CT molecular complexity index is 627. The fourth-order valence-electron chi connectivity index (χ4n) is 2.50. The molecular weight excluding hydrogens is 271 g/mol. The maximum Gasteiger partial charge on any atom is 0.263 e. The Balaban J connectivity index is 2.03. The lowest BCUT2D eigenvalue weighted by Gasteiger charge is -2.17. The number of nitrogens with two attached hydrogens (primary N) is 1. The normalized spacial score (nSPS) is 17.6. The van der Waals surface area contributed by atoms with Gasteiger partial charge in [0, 0.05) is 12.1 Å². The molecule has 1 aliphatic carbocycles. The van der Waals surface area contributed by atoms with E-state index in [9.17, 15) is 13.2 Å². The van der Waals surface area contributed by atoms with Gasteiger partial charge in [0.1, 0.15) is 23.0 Å². The molecule has 0 unspecified atom stereocenters. The van der Waals surface area contributed by atoms with Crippen molar-refractivity contribution in [1.29, 1.82) is 0 Å². The zero-order valence-corrected chi connectivity index (χ0v) is 10.5. The highest BCUT2D eigenvalue weighted by molar-refractivity contribution is 5.55. The molecule has 1 aliphatic rings. The second-order valence-electron chi connectivity index (χ2n) is 5.03. The van der Waals surface area contributed by atoms with Crippen LogP contribution < -0.4 is 5.73 Å². The van der Waals surface area contributed by atoms with Gasteiger partial charge in [-0.15, -0.1) is 0 Å². The van der Waals surface area contributed by atoms with Gasteiger partial charge in [-0.2, -0.15) is 4.98 Å². The molecule has 1 aromatic carbocycles. The topological polar surface area (TPSA) is 64.9 Å². The summed E-state index contributed by atoms with van der Waals surface area (Å²) in [6.45, 7) is 0. The number of rotatable bonds is 2. The van der Waals surface area contributed by atoms with E-state index in [0.717, 1.165) is 12.8 Å². The Hall–Kier alpha value is -1.89. The summed E-state index contributed by atoms with van der Waals surface area (Å²) >= 11 is 0. The van der Waals surface area contributed by atoms with Crippen LogP contribution >= 0.6 is 0 Å². The van der Waals surface area contributed by atoms with E-state index in [1.165, 1.54) is 0 Å². The van der Waals surface area contributed by atoms with Crippen LogP contribution in [-0.2, 0) is 5.54 Å². The van der Waals surface area contributed by atoms with Crippen LogP contribution in [0.15, 0.2) is 16.7 Å². The van der Waals surface area contributed by atoms with E-state index in [0.29, 0.717) is 25.0 Å². The van der Waals surface area contributed by atoms with E-state index < -0.39 is 28.6 Å². The Labute approximate surface area is 112 Å². The SMILES string of the molecule is NC1(c2noc(-c3c(F)cc(F)cc3F)n2)CCCC1. The summed E-state index contributed by atoms with van der Waals surface area (Å²) in [6.07, 6.45) is 3.28. The van der Waals surface area contributed by atoms with Crippen LogP contribution in [0.1, 0.15) is 31.5 Å². The molecule has 0 amide bonds. The lowest BCUT2D eigenvalue weighted by atomic mass is 9.98. The van der Waals surface area contributed by atoms with Gasteiger partial charge >= 0.3 is 0 Å². The largest absolute Gasteiger partial charge is 0.334 e. The lowest BCUT2D eigenvalue weighted by Crippen LogP contribution is -2.34. The van der Waals surface area contributed by atoms with Crippen molar-refractivity contribution in [3.05, 3.63) is 35.4 Å². The molecule has 7 heteroatoms. The second kappa shape index (κ2) is 4.59. The van der Waals surface area contributed by atoms with Crippen molar-refractivity contribution in [3.63, 3.8) is 0 Å². The first-order chi connectivity index (χ1) is 9.49. The standard InChI is InChI=1S/C13H12F3N3O/c14-7-5-8(15)10(9(16)6-7)11-18-12(19-20-11)13(17)3-1-2-4-13/h5-6H,1-4,17H2. The number of hydrogen-bond donors (Lipinski definition) is 1. The summed E-state index contributed by atoms with van der Waals surface area (Å²) in [5.74, 6) is -3.28. The average Bonchev–Trinajstić information content (AvgIpc) is 2.98. The first kappa shape index (κ1) is 13.1. The molecular formula is C13H12F3N3O. The summed E-state index contributed by atoms with van der Waals surface area (Å²) in [5, 5.41) is 3.71. The van der Waals surface area contributed by atoms with Gasteiger partial charge in [-0.3, -0.25) is 0 Å². The van der Waals surface area contributed by atoms with E-state index in [1.807, 2.05) is 0 Å². The summed E-state index contributed by atoms with van der Waals surface area (Å²) in [6, 6.07) is 1.13. The van der Waals surface area contributed by atoms with Crippen LogP contribution in [0.4, 0.5) is 13.2 Å². The number of halogens is 3. The molecule has 0 radical (unpaired) electrons. The van der Waals surface area contributed by atoms with Gasteiger partial charge in [0.25, 0.3) is 5.89 Å². The first-order valence-corrected chi connectivity index (χ1v) is 6.27. The first-order valence-electron chi connectivity index (χ1n) is 6.27. The van der Waals surface area contributed by atoms with Gasteiger partial charge in [-0.1, -0.05) is 18.0 Å². The zero-order valence-electron chi connectivity index (χ0n) is 10.5. The molecule has 1 fully saturated rings. The van der Waals surface area contributed by atoms with Crippen LogP contribution in [0.3, 0.4) is 0 Å². The number of nitrogens with zero attached hydrogens (tertiary/aromatic N) is 2. The Morgan fingerprint density at radius 2 is 1.70 bits per heavy atom. The maximum atomic E-state index is 13.6. The van der Waals surface area contributed by atoms with E-state index in [2.05, 4.69) is 10.1 Å². The van der Waals surface area contributed by atoms with Crippen molar-refractivity contribution >= 4 is 0 Å². The highest BCUT2D eigenvalue weighted by Crippen LogP contribution is 2.36. The minimum Gasteiger partial charge on any atom is -0.334 e. The molecule has 0 spiro atoms. The Morgan fingerprint density at radius 3 is 2.30 bits per heavy atom.